The summed E-state index contributed by atoms with van der Waals surface area (Å²) >= 11 is 0. The van der Waals surface area contributed by atoms with E-state index in [2.05, 4.69) is 24.3 Å². The fourth-order valence-corrected chi connectivity index (χ4v) is 5.59. The van der Waals surface area contributed by atoms with E-state index >= 15 is 0 Å². The van der Waals surface area contributed by atoms with E-state index in [0.717, 1.165) is 31.2 Å². The molecule has 0 aromatic heterocycles. The summed E-state index contributed by atoms with van der Waals surface area (Å²) in [5, 5.41) is -0.336. The molecule has 0 saturated carbocycles. The van der Waals surface area contributed by atoms with Crippen molar-refractivity contribution < 1.29 is 8.42 Å². The van der Waals surface area contributed by atoms with Crippen molar-refractivity contribution in [2.75, 3.05) is 0 Å². The highest BCUT2D eigenvalue weighted by atomic mass is 32.2. The van der Waals surface area contributed by atoms with Crippen molar-refractivity contribution in [2.24, 2.45) is 0 Å². The normalized spacial score (nSPS) is 11.7. The van der Waals surface area contributed by atoms with E-state index in [4.69, 9.17) is 0 Å². The zero-order valence-electron chi connectivity index (χ0n) is 17.1. The molecule has 0 aliphatic carbocycles. The smallest absolute Gasteiger partial charge is 0.181 e. The quantitative estimate of drug-likeness (QED) is 0.403. The molecular weight excluding hydrogens is 376 g/mol. The lowest BCUT2D eigenvalue weighted by Crippen LogP contribution is -2.22. The van der Waals surface area contributed by atoms with E-state index < -0.39 is 9.84 Å². The molecule has 0 amide bonds. The van der Waals surface area contributed by atoms with E-state index in [0.29, 0.717) is 17.7 Å². The van der Waals surface area contributed by atoms with E-state index in [1.807, 2.05) is 55.5 Å². The highest BCUT2D eigenvalue weighted by Crippen LogP contribution is 2.25. The Kier molecular flexibility index (Phi) is 7.65. The third kappa shape index (κ3) is 6.30. The molecule has 0 radical (unpaired) electrons. The van der Waals surface area contributed by atoms with Gasteiger partial charge in [-0.15, -0.1) is 0 Å². The number of aryl methyl sites for hydroxylation is 3. The lowest BCUT2D eigenvalue weighted by atomic mass is 10.0. The van der Waals surface area contributed by atoms with Crippen LogP contribution in [0.15, 0.2) is 89.8 Å². The minimum absolute atomic E-state index is 0.336. The Morgan fingerprint density at radius 3 is 1.55 bits per heavy atom. The van der Waals surface area contributed by atoms with Crippen LogP contribution in [-0.2, 0) is 22.7 Å². The lowest BCUT2D eigenvalue weighted by molar-refractivity contribution is 0.544. The summed E-state index contributed by atoms with van der Waals surface area (Å²) in [6.07, 6.45) is 4.98. The van der Waals surface area contributed by atoms with Crippen molar-refractivity contribution in [2.45, 2.75) is 55.6 Å². The second-order valence-corrected chi connectivity index (χ2v) is 9.96. The van der Waals surface area contributed by atoms with Gasteiger partial charge in [0.25, 0.3) is 0 Å². The third-order valence-electron chi connectivity index (χ3n) is 5.46. The molecule has 0 aliphatic heterocycles. The van der Waals surface area contributed by atoms with Crippen LogP contribution in [0.1, 0.15) is 42.4 Å². The van der Waals surface area contributed by atoms with E-state index in [-0.39, 0.29) is 5.25 Å². The van der Waals surface area contributed by atoms with Crippen LogP contribution in [-0.4, -0.2) is 13.7 Å². The number of hydrogen-bond donors (Lipinski definition) is 0. The second kappa shape index (κ2) is 10.4. The molecule has 0 fully saturated rings. The van der Waals surface area contributed by atoms with E-state index in [1.165, 1.54) is 11.1 Å². The lowest BCUT2D eigenvalue weighted by Gasteiger charge is -2.18. The second-order valence-electron chi connectivity index (χ2n) is 7.74. The van der Waals surface area contributed by atoms with Gasteiger partial charge in [0.15, 0.2) is 9.84 Å². The molecule has 152 valence electrons. The zero-order valence-corrected chi connectivity index (χ0v) is 17.9. The molecule has 3 rings (SSSR count). The third-order valence-corrected chi connectivity index (χ3v) is 7.74. The van der Waals surface area contributed by atoms with Crippen molar-refractivity contribution >= 4 is 9.84 Å². The van der Waals surface area contributed by atoms with Crippen LogP contribution in [0.5, 0.6) is 0 Å². The number of hydrogen-bond acceptors (Lipinski definition) is 2. The molecule has 0 unspecified atom stereocenters. The molecule has 0 saturated heterocycles. The molecule has 0 bridgehead atoms. The van der Waals surface area contributed by atoms with Gasteiger partial charge < -0.3 is 0 Å². The average Bonchev–Trinajstić information content (AvgIpc) is 2.74. The van der Waals surface area contributed by atoms with Crippen LogP contribution in [0.25, 0.3) is 0 Å². The van der Waals surface area contributed by atoms with Crippen LogP contribution in [0.2, 0.25) is 0 Å². The monoisotopic (exact) mass is 406 g/mol. The van der Waals surface area contributed by atoms with Gasteiger partial charge in [0.1, 0.15) is 0 Å². The largest absolute Gasteiger partial charge is 0.223 e. The molecule has 3 aromatic rings. The Hall–Kier alpha value is -2.39. The Morgan fingerprint density at radius 2 is 1.10 bits per heavy atom. The summed E-state index contributed by atoms with van der Waals surface area (Å²) in [6, 6.07) is 27.9. The fraction of sp³-hybridized carbons (Fsp3) is 0.308. The van der Waals surface area contributed by atoms with Crippen molar-refractivity contribution in [1.29, 1.82) is 0 Å². The van der Waals surface area contributed by atoms with Gasteiger partial charge in [0.05, 0.1) is 10.1 Å². The minimum atomic E-state index is -3.33. The first-order chi connectivity index (χ1) is 14.1. The van der Waals surface area contributed by atoms with Crippen LogP contribution in [0.4, 0.5) is 0 Å². The fourth-order valence-electron chi connectivity index (χ4n) is 3.73. The van der Waals surface area contributed by atoms with E-state index in [9.17, 15) is 8.42 Å². The Morgan fingerprint density at radius 1 is 0.655 bits per heavy atom. The SMILES string of the molecule is Cc1ccc(S(=O)(=O)C(CCCc2ccccc2)CCCc2ccccc2)cc1. The van der Waals surface area contributed by atoms with Crippen molar-refractivity contribution in [3.8, 4) is 0 Å². The number of sulfone groups is 1. The molecule has 3 heteroatoms. The predicted octanol–water partition coefficient (Wildman–Crippen LogP) is 6.18. The van der Waals surface area contributed by atoms with Gasteiger partial charge in [-0.2, -0.15) is 0 Å². The van der Waals surface area contributed by atoms with Crippen molar-refractivity contribution in [3.63, 3.8) is 0 Å². The highest BCUT2D eigenvalue weighted by molar-refractivity contribution is 7.92. The summed E-state index contributed by atoms with van der Waals surface area (Å²) in [5.74, 6) is 0. The van der Waals surface area contributed by atoms with Crippen molar-refractivity contribution in [3.05, 3.63) is 102 Å². The van der Waals surface area contributed by atoms with Gasteiger partial charge in [0.2, 0.25) is 0 Å². The molecule has 0 heterocycles. The zero-order chi connectivity index (χ0) is 20.5. The molecule has 0 N–H and O–H groups in total. The molecule has 3 aromatic carbocycles. The summed E-state index contributed by atoms with van der Waals surface area (Å²) in [4.78, 5) is 0.451. The van der Waals surface area contributed by atoms with Crippen molar-refractivity contribution in [1.82, 2.24) is 0 Å². The van der Waals surface area contributed by atoms with Gasteiger partial charge in [-0.25, -0.2) is 8.42 Å². The Balaban J connectivity index is 1.68. The topological polar surface area (TPSA) is 34.1 Å². The summed E-state index contributed by atoms with van der Waals surface area (Å²) < 4.78 is 26.7. The summed E-state index contributed by atoms with van der Waals surface area (Å²) in [6.45, 7) is 1.98. The highest BCUT2D eigenvalue weighted by Gasteiger charge is 2.26. The summed E-state index contributed by atoms with van der Waals surface area (Å²) in [7, 11) is -3.33. The van der Waals surface area contributed by atoms with E-state index in [1.54, 1.807) is 12.1 Å². The van der Waals surface area contributed by atoms with Gasteiger partial charge in [-0.3, -0.25) is 0 Å². The van der Waals surface area contributed by atoms with Gasteiger partial charge in [0, 0.05) is 0 Å². The number of rotatable bonds is 10. The maximum atomic E-state index is 13.3. The standard InChI is InChI=1S/C26H30O2S/c1-22-18-20-26(21-19-22)29(27,28)25(16-8-14-23-10-4-2-5-11-23)17-9-15-24-12-6-3-7-13-24/h2-7,10-13,18-21,25H,8-9,14-17H2,1H3. The number of benzene rings is 3. The summed E-state index contributed by atoms with van der Waals surface area (Å²) in [5.41, 5.74) is 3.61. The average molecular weight is 407 g/mol. The van der Waals surface area contributed by atoms with Gasteiger partial charge in [-0.05, 0) is 68.7 Å². The van der Waals surface area contributed by atoms with Crippen LogP contribution in [0.3, 0.4) is 0 Å². The van der Waals surface area contributed by atoms with Crippen LogP contribution < -0.4 is 0 Å². The van der Waals surface area contributed by atoms with Crippen LogP contribution in [0, 0.1) is 6.92 Å². The molecule has 2 nitrogen and oxygen atoms in total. The first-order valence-corrected chi connectivity index (χ1v) is 12.0. The first-order valence-electron chi connectivity index (χ1n) is 10.4. The van der Waals surface area contributed by atoms with Gasteiger partial charge >= 0.3 is 0 Å². The molecular formula is C26H30O2S. The Labute approximate surface area is 175 Å². The molecule has 29 heavy (non-hydrogen) atoms. The van der Waals surface area contributed by atoms with Crippen LogP contribution >= 0.6 is 0 Å². The predicted molar refractivity (Wildman–Crippen MR) is 121 cm³/mol. The van der Waals surface area contributed by atoms with Gasteiger partial charge in [-0.1, -0.05) is 78.4 Å². The maximum Gasteiger partial charge on any atom is 0.181 e. The molecule has 0 aliphatic rings. The first kappa shape index (κ1) is 21.3. The molecule has 0 atom stereocenters. The maximum absolute atomic E-state index is 13.3. The Bertz CT molecular complexity index is 917. The molecule has 0 spiro atoms. The minimum Gasteiger partial charge on any atom is -0.223 e.